The van der Waals surface area contributed by atoms with Crippen LogP contribution in [0.25, 0.3) is 0 Å². The zero-order chi connectivity index (χ0) is 52.0. The first-order valence-corrected chi connectivity index (χ1v) is 30.3. The number of rotatable bonds is 52. The lowest BCUT2D eigenvalue weighted by Crippen LogP contribution is -2.37. The van der Waals surface area contributed by atoms with Gasteiger partial charge in [-0.1, -0.05) is 221 Å². The molecule has 0 aliphatic rings. The highest BCUT2D eigenvalue weighted by Crippen LogP contribution is 2.38. The molecule has 0 amide bonds. The van der Waals surface area contributed by atoms with E-state index in [1.54, 1.807) is 0 Å². The highest BCUT2D eigenvalue weighted by molar-refractivity contribution is 7.45. The number of ether oxygens (including phenoxy) is 2. The van der Waals surface area contributed by atoms with Crippen molar-refractivity contribution in [3.63, 3.8) is 0 Å². The monoisotopic (exact) mass is 1010 g/mol. The van der Waals surface area contributed by atoms with Gasteiger partial charge in [0.2, 0.25) is 0 Å². The van der Waals surface area contributed by atoms with Gasteiger partial charge in [-0.3, -0.25) is 14.2 Å². The molecule has 0 aliphatic heterocycles. The molecule has 2 unspecified atom stereocenters. The average Bonchev–Trinajstić information content (AvgIpc) is 3.33. The van der Waals surface area contributed by atoms with Crippen LogP contribution < -0.4 is 4.89 Å². The molecule has 0 radical (unpaired) electrons. The zero-order valence-electron chi connectivity index (χ0n) is 46.4. The second-order valence-electron chi connectivity index (χ2n) is 20.3. The molecule has 0 fully saturated rings. The minimum atomic E-state index is -4.64. The molecule has 71 heavy (non-hydrogen) atoms. The first-order chi connectivity index (χ1) is 34.5. The Balaban J connectivity index is 4.16. The van der Waals surface area contributed by atoms with Crippen LogP contribution in [0.2, 0.25) is 0 Å². The fraction of sp³-hybridized carbons (Fsp3) is 0.738. The summed E-state index contributed by atoms with van der Waals surface area (Å²) in [6, 6.07) is 0. The number of allylic oxidation sites excluding steroid dienone is 14. The van der Waals surface area contributed by atoms with Crippen molar-refractivity contribution >= 4 is 19.8 Å². The third kappa shape index (κ3) is 56.3. The minimum absolute atomic E-state index is 0.0353. The van der Waals surface area contributed by atoms with E-state index in [1.165, 1.54) is 116 Å². The molecule has 0 bridgehead atoms. The predicted molar refractivity (Wildman–Crippen MR) is 300 cm³/mol. The van der Waals surface area contributed by atoms with Crippen LogP contribution in [0.3, 0.4) is 0 Å². The standard InChI is InChI=1S/C61H108NO8P/c1-6-8-10-12-14-16-18-20-22-24-26-27-28-29-30-31-32-33-34-35-36-38-40-42-44-46-48-50-52-54-61(64)70-59(58-69-71(65,66)68-56-55-62(3,4)5)57-67-60(63)53-51-49-47-45-43-41-39-37-25-23-21-19-17-15-13-11-9-7-2/h8,10,14,16-17,19-20,22-23,25-27,29-30,59H,6-7,9,11-13,15,18,21,24,28,31-58H2,1-5H3/b10-8-,16-14-,19-17-,22-20-,25-23-,27-26-,30-29-. The normalized spacial score (nSPS) is 13.9. The topological polar surface area (TPSA) is 111 Å². The van der Waals surface area contributed by atoms with Gasteiger partial charge in [-0.2, -0.15) is 0 Å². The van der Waals surface area contributed by atoms with E-state index in [1.807, 2.05) is 21.1 Å². The van der Waals surface area contributed by atoms with Gasteiger partial charge >= 0.3 is 11.9 Å². The van der Waals surface area contributed by atoms with Crippen molar-refractivity contribution in [2.75, 3.05) is 47.5 Å². The highest BCUT2D eigenvalue weighted by atomic mass is 31.2. The van der Waals surface area contributed by atoms with Gasteiger partial charge in [-0.05, 0) is 89.9 Å². The Morgan fingerprint density at radius 1 is 0.451 bits per heavy atom. The molecule has 0 heterocycles. The van der Waals surface area contributed by atoms with Gasteiger partial charge in [0.05, 0.1) is 27.7 Å². The zero-order valence-corrected chi connectivity index (χ0v) is 47.3. The maximum atomic E-state index is 12.8. The number of quaternary nitrogens is 1. The number of unbranched alkanes of at least 4 members (excludes halogenated alkanes) is 24. The van der Waals surface area contributed by atoms with Gasteiger partial charge < -0.3 is 27.9 Å². The van der Waals surface area contributed by atoms with Crippen LogP contribution in [-0.2, 0) is 32.7 Å². The smallest absolute Gasteiger partial charge is 0.306 e. The molecule has 0 aliphatic carbocycles. The van der Waals surface area contributed by atoms with E-state index >= 15 is 0 Å². The summed E-state index contributed by atoms with van der Waals surface area (Å²) in [6.45, 7) is 4.11. The summed E-state index contributed by atoms with van der Waals surface area (Å²) in [7, 11) is 1.16. The quantitative estimate of drug-likeness (QED) is 0.0195. The Morgan fingerprint density at radius 3 is 1.20 bits per heavy atom. The second kappa shape index (κ2) is 52.1. The summed E-state index contributed by atoms with van der Waals surface area (Å²) in [4.78, 5) is 37.9. The van der Waals surface area contributed by atoms with Gasteiger partial charge in [-0.25, -0.2) is 0 Å². The van der Waals surface area contributed by atoms with Crippen molar-refractivity contribution in [3.05, 3.63) is 85.1 Å². The Labute approximate surface area is 437 Å². The van der Waals surface area contributed by atoms with Crippen LogP contribution >= 0.6 is 7.82 Å². The highest BCUT2D eigenvalue weighted by Gasteiger charge is 2.21. The number of likely N-dealkylation sites (N-methyl/N-ethyl adjacent to an activating group) is 1. The van der Waals surface area contributed by atoms with Gasteiger partial charge in [0, 0.05) is 12.8 Å². The molecule has 0 spiro atoms. The number of esters is 2. The van der Waals surface area contributed by atoms with Crippen LogP contribution in [0.4, 0.5) is 0 Å². The van der Waals surface area contributed by atoms with Crippen LogP contribution in [0, 0.1) is 0 Å². The van der Waals surface area contributed by atoms with E-state index in [0.717, 1.165) is 89.9 Å². The number of hydrogen-bond acceptors (Lipinski definition) is 8. The van der Waals surface area contributed by atoms with E-state index in [0.29, 0.717) is 17.4 Å². The Hall–Kier alpha value is -2.81. The summed E-state index contributed by atoms with van der Waals surface area (Å²) in [6.07, 6.45) is 69.1. The predicted octanol–water partition coefficient (Wildman–Crippen LogP) is 17.2. The first-order valence-electron chi connectivity index (χ1n) is 28.8. The maximum absolute atomic E-state index is 12.8. The number of phosphoric acid groups is 1. The molecule has 9 nitrogen and oxygen atoms in total. The molecule has 0 aromatic heterocycles. The average molecular weight is 1010 g/mol. The van der Waals surface area contributed by atoms with E-state index in [2.05, 4.69) is 98.9 Å². The molecular formula is C61H108NO8P. The Bertz CT molecular complexity index is 1470. The Kier molecular flexibility index (Phi) is 50.0. The Morgan fingerprint density at radius 2 is 0.803 bits per heavy atom. The lowest BCUT2D eigenvalue weighted by atomic mass is 10.0. The number of carbonyl (C=O) groups excluding carboxylic acids is 2. The minimum Gasteiger partial charge on any atom is -0.756 e. The summed E-state index contributed by atoms with van der Waals surface area (Å²) in [5, 5.41) is 0. The van der Waals surface area contributed by atoms with Crippen LogP contribution in [0.1, 0.15) is 239 Å². The lowest BCUT2D eigenvalue weighted by molar-refractivity contribution is -0.870. The summed E-state index contributed by atoms with van der Waals surface area (Å²) in [5.41, 5.74) is 0. The van der Waals surface area contributed by atoms with Crippen molar-refractivity contribution < 1.29 is 42.1 Å². The number of phosphoric ester groups is 1. The summed E-state index contributed by atoms with van der Waals surface area (Å²) >= 11 is 0. The number of carbonyl (C=O) groups is 2. The molecule has 0 aromatic rings. The molecule has 0 aromatic carbocycles. The molecule has 410 valence electrons. The van der Waals surface area contributed by atoms with Crippen LogP contribution in [0.5, 0.6) is 0 Å². The first kappa shape index (κ1) is 68.2. The van der Waals surface area contributed by atoms with Gasteiger partial charge in [0.25, 0.3) is 7.82 Å². The third-order valence-electron chi connectivity index (χ3n) is 12.1. The SMILES string of the molecule is CC/C=C\C/C=C\C/C=C\C/C=C\C/C=C\CCCCCCCCCCCCCCCC(=O)OC(COC(=O)CCCCCCCCC/C=C\C/C=C\CCCCCC)COP(=O)([O-])OCC[N+](C)(C)C. The second-order valence-corrected chi connectivity index (χ2v) is 21.7. The van der Waals surface area contributed by atoms with E-state index in [-0.39, 0.29) is 26.1 Å². The maximum Gasteiger partial charge on any atom is 0.306 e. The van der Waals surface area contributed by atoms with Crippen LogP contribution in [-0.4, -0.2) is 70.0 Å². The molecular weight excluding hydrogens is 906 g/mol. The van der Waals surface area contributed by atoms with Crippen molar-refractivity contribution in [1.29, 1.82) is 0 Å². The molecule has 10 heteroatoms. The molecule has 0 N–H and O–H groups in total. The van der Waals surface area contributed by atoms with Gasteiger partial charge in [0.15, 0.2) is 6.10 Å². The fourth-order valence-corrected chi connectivity index (χ4v) is 8.44. The van der Waals surface area contributed by atoms with Crippen LogP contribution in [0.15, 0.2) is 85.1 Å². The van der Waals surface area contributed by atoms with Gasteiger partial charge in [0.1, 0.15) is 19.8 Å². The van der Waals surface area contributed by atoms with E-state index in [4.69, 9.17) is 18.5 Å². The molecule has 0 rings (SSSR count). The summed E-state index contributed by atoms with van der Waals surface area (Å²) < 4.78 is 34.1. The summed E-state index contributed by atoms with van der Waals surface area (Å²) in [5.74, 6) is -0.843. The van der Waals surface area contributed by atoms with Gasteiger partial charge in [-0.15, -0.1) is 0 Å². The molecule has 2 atom stereocenters. The lowest BCUT2D eigenvalue weighted by Gasteiger charge is -2.28. The van der Waals surface area contributed by atoms with Crippen molar-refractivity contribution in [2.24, 2.45) is 0 Å². The largest absolute Gasteiger partial charge is 0.756 e. The fourth-order valence-electron chi connectivity index (χ4n) is 7.71. The van der Waals surface area contributed by atoms with E-state index in [9.17, 15) is 19.0 Å². The van der Waals surface area contributed by atoms with Crippen molar-refractivity contribution in [2.45, 2.75) is 245 Å². The van der Waals surface area contributed by atoms with Crippen molar-refractivity contribution in [3.8, 4) is 0 Å². The number of hydrogen-bond donors (Lipinski definition) is 0. The molecule has 0 saturated heterocycles. The molecule has 0 saturated carbocycles. The third-order valence-corrected chi connectivity index (χ3v) is 13.1. The van der Waals surface area contributed by atoms with Crippen molar-refractivity contribution in [1.82, 2.24) is 0 Å². The number of nitrogens with zero attached hydrogens (tertiary/aromatic N) is 1. The van der Waals surface area contributed by atoms with E-state index < -0.39 is 32.5 Å².